The van der Waals surface area contributed by atoms with Gasteiger partial charge in [0.25, 0.3) is 0 Å². The van der Waals surface area contributed by atoms with Gasteiger partial charge in [-0.3, -0.25) is 14.4 Å². The van der Waals surface area contributed by atoms with Gasteiger partial charge in [0.15, 0.2) is 0 Å². The number of carbonyl (C=O) groups is 3. The molecule has 0 fully saturated rings. The van der Waals surface area contributed by atoms with Crippen molar-refractivity contribution in [3.05, 3.63) is 34.4 Å². The Kier molecular flexibility index (Phi) is 8.59. The highest BCUT2D eigenvalue weighted by Crippen LogP contribution is 2.33. The van der Waals surface area contributed by atoms with Crippen LogP contribution in [0, 0.1) is 11.8 Å². The number of ether oxygens (including phenoxy) is 1. The molecule has 2 unspecified atom stereocenters. The van der Waals surface area contributed by atoms with Gasteiger partial charge < -0.3 is 4.74 Å². The second-order valence-electron chi connectivity index (χ2n) is 8.56. The number of rotatable bonds is 9. The van der Waals surface area contributed by atoms with Gasteiger partial charge in [-0.15, -0.1) is 0 Å². The number of hydrogen-bond donors (Lipinski definition) is 0. The van der Waals surface area contributed by atoms with E-state index in [0.29, 0.717) is 11.5 Å². The zero-order chi connectivity index (χ0) is 21.8. The van der Waals surface area contributed by atoms with Crippen LogP contribution in [-0.2, 0) is 14.3 Å². The normalized spacial score (nSPS) is 13.7. The molecule has 0 heterocycles. The van der Waals surface area contributed by atoms with Crippen molar-refractivity contribution >= 4 is 17.5 Å². The Morgan fingerprint density at radius 2 is 1.25 bits per heavy atom. The Bertz CT molecular complexity index is 699. The minimum absolute atomic E-state index is 0.112. The molecule has 0 bridgehead atoms. The van der Waals surface area contributed by atoms with Crippen LogP contribution in [0.4, 0.5) is 0 Å². The molecule has 156 valence electrons. The van der Waals surface area contributed by atoms with Gasteiger partial charge in [0.1, 0.15) is 0 Å². The van der Waals surface area contributed by atoms with E-state index in [1.807, 2.05) is 27.7 Å². The average molecular weight is 389 g/mol. The molecule has 0 saturated carbocycles. The van der Waals surface area contributed by atoms with Crippen LogP contribution in [-0.4, -0.2) is 24.1 Å². The summed E-state index contributed by atoms with van der Waals surface area (Å²) in [6.07, 6.45) is 0. The van der Waals surface area contributed by atoms with Crippen molar-refractivity contribution in [1.82, 2.24) is 0 Å². The lowest BCUT2D eigenvalue weighted by molar-refractivity contribution is -0.150. The SMILES string of the molecule is CCOC(=O)C(C)C(C)C(=O)C(=O)c1c(C(C)C)cc(C(C)C)cc1C(C)C. The Morgan fingerprint density at radius 3 is 1.61 bits per heavy atom. The van der Waals surface area contributed by atoms with Crippen LogP contribution < -0.4 is 0 Å². The largest absolute Gasteiger partial charge is 0.466 e. The van der Waals surface area contributed by atoms with Gasteiger partial charge in [-0.25, -0.2) is 0 Å². The van der Waals surface area contributed by atoms with E-state index in [9.17, 15) is 14.4 Å². The molecule has 1 aromatic carbocycles. The van der Waals surface area contributed by atoms with E-state index in [1.54, 1.807) is 20.8 Å². The summed E-state index contributed by atoms with van der Waals surface area (Å²) in [6, 6.07) is 4.11. The Labute approximate surface area is 170 Å². The van der Waals surface area contributed by atoms with Crippen LogP contribution in [0.15, 0.2) is 12.1 Å². The van der Waals surface area contributed by atoms with Crippen molar-refractivity contribution in [2.24, 2.45) is 11.8 Å². The maximum absolute atomic E-state index is 13.3. The number of carbonyl (C=O) groups excluding carboxylic acids is 3. The fourth-order valence-corrected chi connectivity index (χ4v) is 3.25. The molecule has 0 aliphatic carbocycles. The molecule has 4 heteroatoms. The fraction of sp³-hybridized carbons (Fsp3) is 0.625. The molecule has 0 aliphatic rings. The van der Waals surface area contributed by atoms with Gasteiger partial charge in [-0.1, -0.05) is 67.5 Å². The number of hydrogen-bond acceptors (Lipinski definition) is 4. The topological polar surface area (TPSA) is 60.4 Å². The second-order valence-corrected chi connectivity index (χ2v) is 8.56. The average Bonchev–Trinajstić information content (AvgIpc) is 2.64. The van der Waals surface area contributed by atoms with E-state index >= 15 is 0 Å². The summed E-state index contributed by atoms with van der Waals surface area (Å²) in [5, 5.41) is 0. The molecule has 0 aromatic heterocycles. The van der Waals surface area contributed by atoms with Crippen molar-refractivity contribution < 1.29 is 19.1 Å². The third-order valence-corrected chi connectivity index (χ3v) is 5.41. The minimum Gasteiger partial charge on any atom is -0.466 e. The number of ketones is 2. The molecule has 0 radical (unpaired) electrons. The Morgan fingerprint density at radius 1 is 0.786 bits per heavy atom. The smallest absolute Gasteiger partial charge is 0.309 e. The number of benzene rings is 1. The lowest BCUT2D eigenvalue weighted by Gasteiger charge is -2.23. The molecule has 2 atom stereocenters. The minimum atomic E-state index is -0.726. The third kappa shape index (κ3) is 5.30. The van der Waals surface area contributed by atoms with Crippen LogP contribution in [0.25, 0.3) is 0 Å². The summed E-state index contributed by atoms with van der Waals surface area (Å²) in [4.78, 5) is 38.3. The summed E-state index contributed by atoms with van der Waals surface area (Å²) in [7, 11) is 0. The first kappa shape index (κ1) is 24.1. The van der Waals surface area contributed by atoms with Crippen molar-refractivity contribution in [3.63, 3.8) is 0 Å². The highest BCUT2D eigenvalue weighted by atomic mass is 16.5. The fourth-order valence-electron chi connectivity index (χ4n) is 3.25. The van der Waals surface area contributed by atoms with Crippen LogP contribution in [0.1, 0.15) is 107 Å². The molecule has 28 heavy (non-hydrogen) atoms. The molecule has 0 aliphatic heterocycles. The summed E-state index contributed by atoms with van der Waals surface area (Å²) < 4.78 is 5.02. The van der Waals surface area contributed by atoms with Crippen molar-refractivity contribution in [1.29, 1.82) is 0 Å². The molecule has 0 amide bonds. The van der Waals surface area contributed by atoms with Crippen LogP contribution >= 0.6 is 0 Å². The molecule has 1 aromatic rings. The molecule has 0 spiro atoms. The first-order valence-corrected chi connectivity index (χ1v) is 10.4. The zero-order valence-electron chi connectivity index (χ0n) is 18.9. The molecular formula is C24H36O4. The maximum atomic E-state index is 13.3. The maximum Gasteiger partial charge on any atom is 0.309 e. The summed E-state index contributed by atoms with van der Waals surface area (Å²) in [6.45, 7) is 17.7. The molecule has 0 saturated heterocycles. The van der Waals surface area contributed by atoms with E-state index in [0.717, 1.165) is 11.1 Å². The summed E-state index contributed by atoms with van der Waals surface area (Å²) in [5.74, 6) is -2.29. The van der Waals surface area contributed by atoms with E-state index in [2.05, 4.69) is 26.0 Å². The summed E-state index contributed by atoms with van der Waals surface area (Å²) >= 11 is 0. The first-order valence-electron chi connectivity index (χ1n) is 10.4. The molecular weight excluding hydrogens is 352 g/mol. The van der Waals surface area contributed by atoms with Gasteiger partial charge in [0.2, 0.25) is 11.6 Å². The van der Waals surface area contributed by atoms with Crippen molar-refractivity contribution in [2.45, 2.75) is 80.1 Å². The van der Waals surface area contributed by atoms with Crippen molar-refractivity contribution in [3.8, 4) is 0 Å². The van der Waals surface area contributed by atoms with E-state index in [1.165, 1.54) is 5.56 Å². The molecule has 4 nitrogen and oxygen atoms in total. The Balaban J connectivity index is 3.46. The van der Waals surface area contributed by atoms with E-state index in [-0.39, 0.29) is 18.4 Å². The third-order valence-electron chi connectivity index (χ3n) is 5.41. The zero-order valence-corrected chi connectivity index (χ0v) is 18.9. The first-order chi connectivity index (χ1) is 12.9. The lowest BCUT2D eigenvalue weighted by Crippen LogP contribution is -2.33. The lowest BCUT2D eigenvalue weighted by atomic mass is 9.79. The number of Topliss-reactive ketones (excluding diaryl/α,β-unsaturated/α-hetero) is 2. The van der Waals surface area contributed by atoms with Gasteiger partial charge >= 0.3 is 5.97 Å². The second kappa shape index (κ2) is 9.99. The monoisotopic (exact) mass is 388 g/mol. The quantitative estimate of drug-likeness (QED) is 0.312. The molecule has 1 rings (SSSR count). The highest BCUT2D eigenvalue weighted by molar-refractivity contribution is 6.45. The van der Waals surface area contributed by atoms with Crippen LogP contribution in [0.3, 0.4) is 0 Å². The van der Waals surface area contributed by atoms with Crippen LogP contribution in [0.2, 0.25) is 0 Å². The van der Waals surface area contributed by atoms with Gasteiger partial charge in [-0.2, -0.15) is 0 Å². The van der Waals surface area contributed by atoms with Crippen LogP contribution in [0.5, 0.6) is 0 Å². The molecule has 0 N–H and O–H groups in total. The predicted octanol–water partition coefficient (Wildman–Crippen LogP) is 5.64. The Hall–Kier alpha value is -1.97. The predicted molar refractivity (Wildman–Crippen MR) is 113 cm³/mol. The summed E-state index contributed by atoms with van der Waals surface area (Å²) in [5.41, 5.74) is 3.50. The standard InChI is InChI=1S/C24H36O4/c1-10-28-24(27)17(9)16(8)22(25)23(26)21-19(14(4)5)11-18(13(2)3)12-20(21)15(6)7/h11-17H,10H2,1-9H3. The highest BCUT2D eigenvalue weighted by Gasteiger charge is 2.34. The van der Waals surface area contributed by atoms with Gasteiger partial charge in [0.05, 0.1) is 12.5 Å². The number of esters is 1. The van der Waals surface area contributed by atoms with Gasteiger partial charge in [0, 0.05) is 11.5 Å². The van der Waals surface area contributed by atoms with E-state index in [4.69, 9.17) is 4.74 Å². The van der Waals surface area contributed by atoms with Gasteiger partial charge in [-0.05, 0) is 41.4 Å². The van der Waals surface area contributed by atoms with E-state index < -0.39 is 29.4 Å². The van der Waals surface area contributed by atoms with Crippen molar-refractivity contribution in [2.75, 3.05) is 6.61 Å².